The molecular weight excluding hydrogens is 333 g/mol. The van der Waals surface area contributed by atoms with Gasteiger partial charge in [-0.05, 0) is 24.6 Å². The number of aryl methyl sites for hydroxylation is 2. The summed E-state index contributed by atoms with van der Waals surface area (Å²) in [7, 11) is -7.38. The molecule has 0 saturated carbocycles. The average Bonchev–Trinajstić information content (AvgIpc) is 2.77. The van der Waals surface area contributed by atoms with Gasteiger partial charge in [-0.25, -0.2) is 8.42 Å². The summed E-state index contributed by atoms with van der Waals surface area (Å²) >= 11 is 0. The Morgan fingerprint density at radius 1 is 1.23 bits per heavy atom. The zero-order valence-electron chi connectivity index (χ0n) is 11.8. The van der Waals surface area contributed by atoms with E-state index in [-0.39, 0.29) is 4.90 Å². The third-order valence-electron chi connectivity index (χ3n) is 2.88. The lowest BCUT2D eigenvalue weighted by Crippen LogP contribution is -2.14. The highest BCUT2D eigenvalue weighted by Crippen LogP contribution is 2.22. The summed E-state index contributed by atoms with van der Waals surface area (Å²) in [5.74, 6) is 0. The Morgan fingerprint density at radius 3 is 2.45 bits per heavy atom. The van der Waals surface area contributed by atoms with E-state index in [1.807, 2.05) is 6.92 Å². The van der Waals surface area contributed by atoms with Gasteiger partial charge in [0.05, 0.1) is 21.2 Å². The van der Waals surface area contributed by atoms with Crippen molar-refractivity contribution in [1.82, 2.24) is 9.78 Å². The molecule has 1 N–H and O–H groups in total. The maximum absolute atomic E-state index is 13.0. The quantitative estimate of drug-likeness (QED) is 0.825. The second-order valence-electron chi connectivity index (χ2n) is 4.53. The van der Waals surface area contributed by atoms with Crippen molar-refractivity contribution in [3.8, 4) is 0 Å². The highest BCUT2D eigenvalue weighted by atomic mass is 32.3. The number of hydrogen-bond donors (Lipinski definition) is 1. The number of nitrogens with one attached hydrogen (secondary N) is 1. The molecule has 0 amide bonds. The largest absolute Gasteiger partial charge is 0.332 e. The summed E-state index contributed by atoms with van der Waals surface area (Å²) < 4.78 is 63.1. The van der Waals surface area contributed by atoms with Gasteiger partial charge in [0.25, 0.3) is 10.0 Å². The third-order valence-corrected chi connectivity index (χ3v) is 5.06. The number of rotatable bonds is 5. The van der Waals surface area contributed by atoms with E-state index < -0.39 is 25.1 Å². The van der Waals surface area contributed by atoms with Crippen LogP contribution in [0.3, 0.4) is 0 Å². The zero-order valence-corrected chi connectivity index (χ0v) is 13.4. The second kappa shape index (κ2) is 5.69. The zero-order chi connectivity index (χ0) is 16.5. The van der Waals surface area contributed by atoms with Crippen LogP contribution in [0.4, 0.5) is 9.57 Å². The van der Waals surface area contributed by atoms with Gasteiger partial charge < -0.3 is 0 Å². The molecule has 22 heavy (non-hydrogen) atoms. The SMILES string of the molecule is CCc1nn(C)cc1NS(=O)(=O)c1cccc(S(=O)(=O)F)c1. The second-order valence-corrected chi connectivity index (χ2v) is 7.56. The molecule has 10 heteroatoms. The van der Waals surface area contributed by atoms with Crippen molar-refractivity contribution >= 4 is 25.9 Å². The minimum Gasteiger partial charge on any atom is -0.276 e. The van der Waals surface area contributed by atoms with E-state index >= 15 is 0 Å². The third kappa shape index (κ3) is 3.45. The highest BCUT2D eigenvalue weighted by Gasteiger charge is 2.20. The molecular formula is C12H14FN3O4S2. The van der Waals surface area contributed by atoms with E-state index in [0.29, 0.717) is 17.8 Å². The smallest absolute Gasteiger partial charge is 0.276 e. The summed E-state index contributed by atoms with van der Waals surface area (Å²) in [6, 6.07) is 4.08. The number of halogens is 1. The van der Waals surface area contributed by atoms with Crippen LogP contribution in [0.5, 0.6) is 0 Å². The number of nitrogens with zero attached hydrogens (tertiary/aromatic N) is 2. The van der Waals surface area contributed by atoms with Gasteiger partial charge in [-0.1, -0.05) is 13.0 Å². The van der Waals surface area contributed by atoms with Crippen LogP contribution in [0.1, 0.15) is 12.6 Å². The Balaban J connectivity index is 2.43. The molecule has 1 aromatic heterocycles. The first kappa shape index (κ1) is 16.4. The Labute approximate surface area is 128 Å². The van der Waals surface area contributed by atoms with Crippen molar-refractivity contribution in [2.75, 3.05) is 4.72 Å². The van der Waals surface area contributed by atoms with Crippen LogP contribution in [0.15, 0.2) is 40.3 Å². The Bertz CT molecular complexity index is 904. The number of sulfonamides is 1. The van der Waals surface area contributed by atoms with Crippen molar-refractivity contribution in [1.29, 1.82) is 0 Å². The van der Waals surface area contributed by atoms with E-state index in [0.717, 1.165) is 18.2 Å². The summed E-state index contributed by atoms with van der Waals surface area (Å²) in [6.07, 6.45) is 2.00. The van der Waals surface area contributed by atoms with Crippen molar-refractivity contribution in [3.05, 3.63) is 36.2 Å². The number of benzene rings is 1. The molecule has 2 aromatic rings. The highest BCUT2D eigenvalue weighted by molar-refractivity contribution is 7.92. The lowest BCUT2D eigenvalue weighted by atomic mass is 10.3. The van der Waals surface area contributed by atoms with E-state index in [1.165, 1.54) is 16.9 Å². The van der Waals surface area contributed by atoms with Gasteiger partial charge in [0.15, 0.2) is 0 Å². The fraction of sp³-hybridized carbons (Fsp3) is 0.250. The molecule has 0 aliphatic carbocycles. The van der Waals surface area contributed by atoms with Crippen molar-refractivity contribution in [2.24, 2.45) is 7.05 Å². The fourth-order valence-corrected chi connectivity index (χ4v) is 3.58. The molecule has 1 heterocycles. The van der Waals surface area contributed by atoms with E-state index in [4.69, 9.17) is 0 Å². The molecule has 7 nitrogen and oxygen atoms in total. The van der Waals surface area contributed by atoms with Crippen molar-refractivity contribution in [3.63, 3.8) is 0 Å². The minimum absolute atomic E-state index is 0.290. The lowest BCUT2D eigenvalue weighted by Gasteiger charge is -2.08. The van der Waals surface area contributed by atoms with Crippen LogP contribution < -0.4 is 4.72 Å². The van der Waals surface area contributed by atoms with Gasteiger partial charge in [0.1, 0.15) is 0 Å². The fourth-order valence-electron chi connectivity index (χ4n) is 1.88. The number of hydrogen-bond acceptors (Lipinski definition) is 5. The van der Waals surface area contributed by atoms with Crippen LogP contribution in [0.2, 0.25) is 0 Å². The molecule has 0 saturated heterocycles. The molecule has 0 radical (unpaired) electrons. The lowest BCUT2D eigenvalue weighted by molar-refractivity contribution is 0.552. The van der Waals surface area contributed by atoms with Crippen LogP contribution in [0, 0.1) is 0 Å². The summed E-state index contributed by atoms with van der Waals surface area (Å²) in [4.78, 5) is -1.06. The summed E-state index contributed by atoms with van der Waals surface area (Å²) in [5.41, 5.74) is 0.832. The maximum atomic E-state index is 13.0. The molecule has 120 valence electrons. The van der Waals surface area contributed by atoms with Crippen LogP contribution in [-0.4, -0.2) is 26.6 Å². The van der Waals surface area contributed by atoms with Gasteiger partial charge in [0.2, 0.25) is 0 Å². The van der Waals surface area contributed by atoms with E-state index in [2.05, 4.69) is 9.82 Å². The van der Waals surface area contributed by atoms with Crippen molar-refractivity contribution < 1.29 is 20.7 Å². The van der Waals surface area contributed by atoms with Crippen molar-refractivity contribution in [2.45, 2.75) is 23.1 Å². The molecule has 0 unspecified atom stereocenters. The van der Waals surface area contributed by atoms with E-state index in [1.54, 1.807) is 7.05 Å². The monoisotopic (exact) mass is 347 g/mol. The maximum Gasteiger partial charge on any atom is 0.332 e. The summed E-state index contributed by atoms with van der Waals surface area (Å²) in [6.45, 7) is 1.82. The molecule has 0 aliphatic heterocycles. The molecule has 1 aromatic carbocycles. The van der Waals surface area contributed by atoms with Gasteiger partial charge in [-0.2, -0.15) is 13.5 Å². The Morgan fingerprint density at radius 2 is 1.86 bits per heavy atom. The normalized spacial score (nSPS) is 12.3. The topological polar surface area (TPSA) is 98.1 Å². The Kier molecular flexibility index (Phi) is 4.25. The minimum atomic E-state index is -4.98. The molecule has 0 aliphatic rings. The van der Waals surface area contributed by atoms with E-state index in [9.17, 15) is 20.7 Å². The first-order valence-corrected chi connectivity index (χ1v) is 9.10. The first-order valence-electron chi connectivity index (χ1n) is 6.23. The van der Waals surface area contributed by atoms with Crippen LogP contribution >= 0.6 is 0 Å². The average molecular weight is 347 g/mol. The molecule has 0 atom stereocenters. The Hall–Kier alpha value is -1.94. The first-order chi connectivity index (χ1) is 10.1. The summed E-state index contributed by atoms with van der Waals surface area (Å²) in [5, 5.41) is 4.10. The number of anilines is 1. The van der Waals surface area contributed by atoms with Crippen LogP contribution in [-0.2, 0) is 33.7 Å². The number of aromatic nitrogens is 2. The molecule has 2 rings (SSSR count). The molecule has 0 spiro atoms. The van der Waals surface area contributed by atoms with Gasteiger partial charge >= 0.3 is 10.2 Å². The molecule has 0 bridgehead atoms. The van der Waals surface area contributed by atoms with Gasteiger partial charge in [0, 0.05) is 13.2 Å². The van der Waals surface area contributed by atoms with Gasteiger partial charge in [-0.15, -0.1) is 3.89 Å². The molecule has 0 fully saturated rings. The predicted octanol–water partition coefficient (Wildman–Crippen LogP) is 1.44. The predicted molar refractivity (Wildman–Crippen MR) is 78.1 cm³/mol. The standard InChI is InChI=1S/C12H14FN3O4S2/c1-3-11-12(8-16(2)14-11)15-22(19,20)10-6-4-5-9(7-10)21(13,17)18/h4-8,15H,3H2,1-2H3. The van der Waals surface area contributed by atoms with Crippen LogP contribution in [0.25, 0.3) is 0 Å². The van der Waals surface area contributed by atoms with Gasteiger partial charge in [-0.3, -0.25) is 9.40 Å².